The van der Waals surface area contributed by atoms with Crippen LogP contribution in [0.2, 0.25) is 0 Å². The van der Waals surface area contributed by atoms with Gasteiger partial charge in [-0.1, -0.05) is 0 Å². The zero-order valence-electron chi connectivity index (χ0n) is 4.45. The molecule has 0 saturated carbocycles. The van der Waals surface area contributed by atoms with E-state index in [1.807, 2.05) is 6.92 Å². The van der Waals surface area contributed by atoms with Crippen LogP contribution in [0.15, 0.2) is 0 Å². The lowest BCUT2D eigenvalue weighted by Crippen LogP contribution is -2.19. The molecular formula is C4H11IN2. The van der Waals surface area contributed by atoms with Crippen LogP contribution in [0.5, 0.6) is 0 Å². The summed E-state index contributed by atoms with van der Waals surface area (Å²) < 4.78 is 2.99. The highest BCUT2D eigenvalue weighted by molar-refractivity contribution is 14.1. The fourth-order valence-electron chi connectivity index (χ4n) is 0.282. The van der Waals surface area contributed by atoms with E-state index in [1.165, 1.54) is 0 Å². The fourth-order valence-corrected chi connectivity index (χ4v) is 0.594. The third kappa shape index (κ3) is 6.65. The predicted octanol–water partition coefficient (Wildman–Crippen LogP) is 0.663. The highest BCUT2D eigenvalue weighted by atomic mass is 127. The number of halogens is 1. The Labute approximate surface area is 58.3 Å². The monoisotopic (exact) mass is 214 g/mol. The maximum atomic E-state index is 5.44. The van der Waals surface area contributed by atoms with E-state index in [4.69, 9.17) is 5.73 Å². The van der Waals surface area contributed by atoms with Crippen molar-refractivity contribution >= 4 is 22.9 Å². The summed E-state index contributed by atoms with van der Waals surface area (Å²) in [7, 11) is 0. The van der Waals surface area contributed by atoms with Crippen LogP contribution in [-0.2, 0) is 0 Å². The number of nitrogens with one attached hydrogen (secondary N) is 1. The van der Waals surface area contributed by atoms with Crippen molar-refractivity contribution in [2.45, 2.75) is 19.4 Å². The summed E-state index contributed by atoms with van der Waals surface area (Å²) in [5, 5.41) is 0. The average molecular weight is 214 g/mol. The van der Waals surface area contributed by atoms with Gasteiger partial charge in [-0.15, -0.1) is 0 Å². The van der Waals surface area contributed by atoms with Crippen LogP contribution in [0.3, 0.4) is 0 Å². The average Bonchev–Trinajstić information content (AvgIpc) is 1.61. The van der Waals surface area contributed by atoms with Gasteiger partial charge in [-0.3, -0.25) is 3.53 Å². The first-order valence-corrected chi connectivity index (χ1v) is 3.44. The minimum atomic E-state index is 0.335. The molecule has 0 aliphatic rings. The SMILES string of the molecule is C[C@H](N)CCNI. The van der Waals surface area contributed by atoms with Crippen molar-refractivity contribution in [3.05, 3.63) is 0 Å². The lowest BCUT2D eigenvalue weighted by atomic mass is 10.3. The molecule has 7 heavy (non-hydrogen) atoms. The first-order chi connectivity index (χ1) is 3.27. The Bertz CT molecular complexity index is 38.7. The van der Waals surface area contributed by atoms with E-state index in [0.29, 0.717) is 6.04 Å². The first-order valence-electron chi connectivity index (χ1n) is 2.36. The summed E-state index contributed by atoms with van der Waals surface area (Å²) in [4.78, 5) is 0. The van der Waals surface area contributed by atoms with E-state index in [2.05, 4.69) is 26.4 Å². The Balaban J connectivity index is 2.68. The lowest BCUT2D eigenvalue weighted by molar-refractivity contribution is 0.667. The summed E-state index contributed by atoms with van der Waals surface area (Å²) in [6, 6.07) is 0.335. The van der Waals surface area contributed by atoms with Gasteiger partial charge in [-0.25, -0.2) is 0 Å². The summed E-state index contributed by atoms with van der Waals surface area (Å²) in [6.45, 7) is 3.02. The minimum Gasteiger partial charge on any atom is -0.328 e. The second kappa shape index (κ2) is 4.80. The Morgan fingerprint density at radius 2 is 2.43 bits per heavy atom. The minimum absolute atomic E-state index is 0.335. The Hall–Kier alpha value is 0.650. The van der Waals surface area contributed by atoms with Gasteiger partial charge in [0.05, 0.1) is 0 Å². The lowest BCUT2D eigenvalue weighted by Gasteiger charge is -1.99. The Morgan fingerprint density at radius 3 is 2.57 bits per heavy atom. The molecule has 0 spiro atoms. The van der Waals surface area contributed by atoms with Crippen molar-refractivity contribution in [1.29, 1.82) is 0 Å². The third-order valence-corrected chi connectivity index (χ3v) is 1.23. The van der Waals surface area contributed by atoms with Crippen LogP contribution < -0.4 is 9.26 Å². The second-order valence-electron chi connectivity index (χ2n) is 1.65. The molecule has 0 unspecified atom stereocenters. The molecular weight excluding hydrogens is 203 g/mol. The Kier molecular flexibility index (Phi) is 5.25. The summed E-state index contributed by atoms with van der Waals surface area (Å²) >= 11 is 2.12. The predicted molar refractivity (Wildman–Crippen MR) is 40.3 cm³/mol. The molecule has 0 bridgehead atoms. The van der Waals surface area contributed by atoms with E-state index in [0.717, 1.165) is 13.0 Å². The molecule has 44 valence electrons. The number of nitrogens with two attached hydrogens (primary N) is 1. The van der Waals surface area contributed by atoms with Crippen LogP contribution >= 0.6 is 22.9 Å². The molecule has 0 fully saturated rings. The molecule has 1 atom stereocenters. The molecule has 0 aliphatic carbocycles. The van der Waals surface area contributed by atoms with Crippen LogP contribution in [0.1, 0.15) is 13.3 Å². The van der Waals surface area contributed by atoms with Crippen molar-refractivity contribution < 1.29 is 0 Å². The first kappa shape index (κ1) is 7.65. The molecule has 0 radical (unpaired) electrons. The Morgan fingerprint density at radius 1 is 1.86 bits per heavy atom. The van der Waals surface area contributed by atoms with Gasteiger partial charge in [-0.2, -0.15) is 0 Å². The molecule has 2 nitrogen and oxygen atoms in total. The van der Waals surface area contributed by atoms with Gasteiger partial charge in [0.15, 0.2) is 0 Å². The van der Waals surface area contributed by atoms with Crippen molar-refractivity contribution in [3.63, 3.8) is 0 Å². The standard InChI is InChI=1S/C4H11IN2/c1-4(6)2-3-7-5/h4,7H,2-3,6H2,1H3/t4-/m0/s1. The van der Waals surface area contributed by atoms with Gasteiger partial charge in [-0.05, 0) is 13.3 Å². The fraction of sp³-hybridized carbons (Fsp3) is 1.00. The summed E-state index contributed by atoms with van der Waals surface area (Å²) in [5.74, 6) is 0. The van der Waals surface area contributed by atoms with Gasteiger partial charge < -0.3 is 5.73 Å². The normalized spacial score (nSPS) is 14.1. The van der Waals surface area contributed by atoms with E-state index >= 15 is 0 Å². The van der Waals surface area contributed by atoms with Gasteiger partial charge >= 0.3 is 0 Å². The highest BCUT2D eigenvalue weighted by Gasteiger charge is 1.88. The van der Waals surface area contributed by atoms with E-state index < -0.39 is 0 Å². The molecule has 0 aromatic rings. The van der Waals surface area contributed by atoms with E-state index in [1.54, 1.807) is 0 Å². The van der Waals surface area contributed by atoms with Crippen molar-refractivity contribution in [2.75, 3.05) is 6.54 Å². The number of rotatable bonds is 3. The van der Waals surface area contributed by atoms with Crippen LogP contribution in [0, 0.1) is 0 Å². The highest BCUT2D eigenvalue weighted by Crippen LogP contribution is 1.82. The van der Waals surface area contributed by atoms with Crippen molar-refractivity contribution in [2.24, 2.45) is 5.73 Å². The summed E-state index contributed by atoms with van der Waals surface area (Å²) in [6.07, 6.45) is 1.06. The van der Waals surface area contributed by atoms with Crippen LogP contribution in [0.25, 0.3) is 0 Å². The van der Waals surface area contributed by atoms with Crippen LogP contribution in [-0.4, -0.2) is 12.6 Å². The molecule has 3 N–H and O–H groups in total. The molecule has 0 aromatic carbocycles. The zero-order chi connectivity index (χ0) is 5.70. The topological polar surface area (TPSA) is 38.0 Å². The molecule has 0 aliphatic heterocycles. The molecule has 0 rings (SSSR count). The van der Waals surface area contributed by atoms with Gasteiger partial charge in [0.2, 0.25) is 0 Å². The molecule has 0 saturated heterocycles. The molecule has 0 aromatic heterocycles. The zero-order valence-corrected chi connectivity index (χ0v) is 6.60. The van der Waals surface area contributed by atoms with Crippen LogP contribution in [0.4, 0.5) is 0 Å². The van der Waals surface area contributed by atoms with Gasteiger partial charge in [0.1, 0.15) is 0 Å². The molecule has 3 heteroatoms. The maximum Gasteiger partial charge on any atom is 0.0169 e. The van der Waals surface area contributed by atoms with E-state index in [-0.39, 0.29) is 0 Å². The quantitative estimate of drug-likeness (QED) is 0.535. The third-order valence-electron chi connectivity index (χ3n) is 0.694. The van der Waals surface area contributed by atoms with Crippen molar-refractivity contribution in [1.82, 2.24) is 3.53 Å². The van der Waals surface area contributed by atoms with E-state index in [9.17, 15) is 0 Å². The molecule has 0 heterocycles. The number of hydrogen-bond donors (Lipinski definition) is 2. The van der Waals surface area contributed by atoms with Gasteiger partial charge in [0.25, 0.3) is 0 Å². The summed E-state index contributed by atoms with van der Waals surface area (Å²) in [5.41, 5.74) is 5.44. The largest absolute Gasteiger partial charge is 0.328 e. The maximum absolute atomic E-state index is 5.44. The molecule has 0 amide bonds. The smallest absolute Gasteiger partial charge is 0.0169 e. The second-order valence-corrected chi connectivity index (χ2v) is 2.41. The van der Waals surface area contributed by atoms with Gasteiger partial charge in [0, 0.05) is 35.5 Å². The number of hydrogen-bond acceptors (Lipinski definition) is 2. The van der Waals surface area contributed by atoms with Crippen molar-refractivity contribution in [3.8, 4) is 0 Å².